The number of halogens is 1. The highest BCUT2D eigenvalue weighted by Gasteiger charge is 2.30. The number of hydrogen-bond donors (Lipinski definition) is 4. The standard InChI is InChI=1S/C28H41BrN4O6/c1-7-39-24(35)13-9-20(14-16(2)3)31-27(37)22(11-12-23(30)34)32-28(38)25(17(4)5)33-26(36)19-8-10-21(29)18(6)15-19/h8-10,13,15-17,20,22,25H,7,11-12,14H2,1-6H3,(H2,30,34)(H,31,37)(H,32,38)(H,33,36)/b13-9+/t20-,22+,25+/m1/s1. The SMILES string of the molecule is CCOC(=O)/C=C/[C@H](CC(C)C)NC(=O)[C@H](CCC(N)=O)NC(=O)[C@@H](NC(=O)c1ccc(Br)c(C)c1)C(C)C. The molecule has 216 valence electrons. The van der Waals surface area contributed by atoms with Gasteiger partial charge in [-0.2, -0.15) is 0 Å². The maximum Gasteiger partial charge on any atom is 0.330 e. The van der Waals surface area contributed by atoms with E-state index in [1.807, 2.05) is 20.8 Å². The molecule has 10 nitrogen and oxygen atoms in total. The second-order valence-electron chi connectivity index (χ2n) is 10.1. The predicted molar refractivity (Wildman–Crippen MR) is 152 cm³/mol. The maximum atomic E-state index is 13.3. The molecule has 0 fully saturated rings. The molecule has 4 amide bonds. The number of ether oxygens (including phenoxy) is 1. The Morgan fingerprint density at radius 1 is 1.03 bits per heavy atom. The van der Waals surface area contributed by atoms with Gasteiger partial charge in [-0.25, -0.2) is 4.79 Å². The number of carbonyl (C=O) groups is 5. The van der Waals surface area contributed by atoms with Gasteiger partial charge >= 0.3 is 5.97 Å². The topological polar surface area (TPSA) is 157 Å². The van der Waals surface area contributed by atoms with Gasteiger partial charge in [-0.1, -0.05) is 49.7 Å². The Kier molecular flexibility index (Phi) is 14.5. The lowest BCUT2D eigenvalue weighted by molar-refractivity contribution is -0.137. The first-order valence-electron chi connectivity index (χ1n) is 13.1. The Bertz CT molecular complexity index is 1060. The highest BCUT2D eigenvalue weighted by Crippen LogP contribution is 2.17. The molecule has 0 heterocycles. The van der Waals surface area contributed by atoms with Crippen LogP contribution in [-0.4, -0.2) is 54.3 Å². The van der Waals surface area contributed by atoms with Gasteiger partial charge in [0, 0.05) is 28.6 Å². The smallest absolute Gasteiger partial charge is 0.330 e. The molecule has 11 heteroatoms. The molecule has 1 rings (SSSR count). The summed E-state index contributed by atoms with van der Waals surface area (Å²) in [5, 5.41) is 8.26. The van der Waals surface area contributed by atoms with Crippen LogP contribution in [0.3, 0.4) is 0 Å². The Morgan fingerprint density at radius 3 is 2.23 bits per heavy atom. The lowest BCUT2D eigenvalue weighted by Gasteiger charge is -2.26. The number of hydrogen-bond acceptors (Lipinski definition) is 6. The molecular formula is C28H41BrN4O6. The van der Waals surface area contributed by atoms with Crippen LogP contribution in [-0.2, 0) is 23.9 Å². The molecular weight excluding hydrogens is 568 g/mol. The molecule has 0 radical (unpaired) electrons. The minimum atomic E-state index is -1.09. The lowest BCUT2D eigenvalue weighted by Crippen LogP contribution is -2.56. The van der Waals surface area contributed by atoms with Crippen LogP contribution in [0.5, 0.6) is 0 Å². The van der Waals surface area contributed by atoms with E-state index in [9.17, 15) is 24.0 Å². The molecule has 0 aliphatic rings. The predicted octanol–water partition coefficient (Wildman–Crippen LogP) is 2.91. The third kappa shape index (κ3) is 12.5. The van der Waals surface area contributed by atoms with Crippen molar-refractivity contribution in [2.24, 2.45) is 17.6 Å². The van der Waals surface area contributed by atoms with Crippen LogP contribution >= 0.6 is 15.9 Å². The first-order valence-corrected chi connectivity index (χ1v) is 13.8. The number of nitrogens with two attached hydrogens (primary N) is 1. The third-order valence-corrected chi connectivity index (χ3v) is 6.66. The number of aryl methyl sites for hydroxylation is 1. The van der Waals surface area contributed by atoms with Gasteiger partial charge in [0.25, 0.3) is 5.91 Å². The average Bonchev–Trinajstić information content (AvgIpc) is 2.84. The summed E-state index contributed by atoms with van der Waals surface area (Å²) in [4.78, 5) is 62.7. The zero-order valence-electron chi connectivity index (χ0n) is 23.5. The molecule has 0 aromatic heterocycles. The molecule has 3 atom stereocenters. The van der Waals surface area contributed by atoms with Crippen LogP contribution in [0.1, 0.15) is 69.8 Å². The second kappa shape index (κ2) is 16.7. The Labute approximate surface area is 239 Å². The maximum absolute atomic E-state index is 13.3. The summed E-state index contributed by atoms with van der Waals surface area (Å²) in [5.41, 5.74) is 6.56. The molecule has 0 saturated carbocycles. The molecule has 0 saturated heterocycles. The van der Waals surface area contributed by atoms with Crippen LogP contribution in [0.4, 0.5) is 0 Å². The monoisotopic (exact) mass is 608 g/mol. The largest absolute Gasteiger partial charge is 0.463 e. The van der Waals surface area contributed by atoms with Gasteiger partial charge in [0.05, 0.1) is 6.61 Å². The number of primary amides is 1. The van der Waals surface area contributed by atoms with Crippen LogP contribution in [0.2, 0.25) is 0 Å². The first kappa shape index (κ1) is 33.8. The lowest BCUT2D eigenvalue weighted by atomic mass is 10.00. The first-order chi connectivity index (χ1) is 18.2. The van der Waals surface area contributed by atoms with Crippen molar-refractivity contribution in [3.63, 3.8) is 0 Å². The molecule has 0 unspecified atom stereocenters. The van der Waals surface area contributed by atoms with Crippen LogP contribution < -0.4 is 21.7 Å². The van der Waals surface area contributed by atoms with Crippen LogP contribution in [0, 0.1) is 18.8 Å². The summed E-state index contributed by atoms with van der Waals surface area (Å²) in [7, 11) is 0. The summed E-state index contributed by atoms with van der Waals surface area (Å²) in [6.07, 6.45) is 3.15. The van der Waals surface area contributed by atoms with Crippen LogP contribution in [0.25, 0.3) is 0 Å². The summed E-state index contributed by atoms with van der Waals surface area (Å²) in [6.45, 7) is 11.2. The summed E-state index contributed by atoms with van der Waals surface area (Å²) in [5.74, 6) is -2.81. The molecule has 0 bridgehead atoms. The van der Waals surface area contributed by atoms with Gasteiger partial charge in [0.2, 0.25) is 17.7 Å². The molecule has 1 aromatic carbocycles. The van der Waals surface area contributed by atoms with Crippen molar-refractivity contribution in [1.82, 2.24) is 16.0 Å². The van der Waals surface area contributed by atoms with E-state index in [-0.39, 0.29) is 31.3 Å². The van der Waals surface area contributed by atoms with Crippen molar-refractivity contribution in [1.29, 1.82) is 0 Å². The van der Waals surface area contributed by atoms with Gasteiger partial charge in [-0.3, -0.25) is 19.2 Å². The van der Waals surface area contributed by atoms with E-state index >= 15 is 0 Å². The van der Waals surface area contributed by atoms with Gasteiger partial charge in [0.1, 0.15) is 12.1 Å². The molecule has 0 spiro atoms. The summed E-state index contributed by atoms with van der Waals surface area (Å²) in [6, 6.07) is 2.54. The second-order valence-corrected chi connectivity index (χ2v) is 10.9. The zero-order valence-corrected chi connectivity index (χ0v) is 25.1. The van der Waals surface area contributed by atoms with E-state index in [0.29, 0.717) is 12.0 Å². The fraction of sp³-hybridized carbons (Fsp3) is 0.536. The van der Waals surface area contributed by atoms with Crippen molar-refractivity contribution in [2.75, 3.05) is 6.61 Å². The van der Waals surface area contributed by atoms with Gasteiger partial charge in [-0.15, -0.1) is 0 Å². The quantitative estimate of drug-likeness (QED) is 0.177. The number of carbonyl (C=O) groups excluding carboxylic acids is 5. The van der Waals surface area contributed by atoms with E-state index in [1.54, 1.807) is 45.0 Å². The van der Waals surface area contributed by atoms with Crippen molar-refractivity contribution >= 4 is 45.5 Å². The number of rotatable bonds is 15. The van der Waals surface area contributed by atoms with Gasteiger partial charge < -0.3 is 26.4 Å². The third-order valence-electron chi connectivity index (χ3n) is 5.77. The Hall–Kier alpha value is -3.21. The highest BCUT2D eigenvalue weighted by atomic mass is 79.9. The minimum absolute atomic E-state index is 0.0342. The van der Waals surface area contributed by atoms with Crippen molar-refractivity contribution in [3.8, 4) is 0 Å². The summed E-state index contributed by atoms with van der Waals surface area (Å²) < 4.78 is 5.76. The van der Waals surface area contributed by atoms with E-state index in [4.69, 9.17) is 10.5 Å². The highest BCUT2D eigenvalue weighted by molar-refractivity contribution is 9.10. The number of nitrogens with one attached hydrogen (secondary N) is 3. The Balaban J connectivity index is 3.09. The summed E-state index contributed by atoms with van der Waals surface area (Å²) >= 11 is 3.40. The zero-order chi connectivity index (χ0) is 29.7. The van der Waals surface area contributed by atoms with Gasteiger partial charge in [0.15, 0.2) is 0 Å². The number of esters is 1. The van der Waals surface area contributed by atoms with Crippen molar-refractivity contribution in [3.05, 3.63) is 46.0 Å². The molecule has 0 aliphatic heterocycles. The van der Waals surface area contributed by atoms with E-state index < -0.39 is 47.7 Å². The molecule has 1 aromatic rings. The number of benzene rings is 1. The van der Waals surface area contributed by atoms with Crippen LogP contribution in [0.15, 0.2) is 34.8 Å². The number of amides is 4. The van der Waals surface area contributed by atoms with E-state index in [2.05, 4.69) is 31.9 Å². The molecule has 0 aliphatic carbocycles. The van der Waals surface area contributed by atoms with Crippen molar-refractivity contribution in [2.45, 2.75) is 78.9 Å². The average molecular weight is 610 g/mol. The van der Waals surface area contributed by atoms with Gasteiger partial charge in [-0.05, 0) is 62.3 Å². The van der Waals surface area contributed by atoms with E-state index in [0.717, 1.165) is 10.0 Å². The molecule has 5 N–H and O–H groups in total. The molecule has 39 heavy (non-hydrogen) atoms. The normalized spacial score (nSPS) is 13.6. The van der Waals surface area contributed by atoms with Crippen molar-refractivity contribution < 1.29 is 28.7 Å². The minimum Gasteiger partial charge on any atom is -0.463 e. The fourth-order valence-corrected chi connectivity index (χ4v) is 3.97. The fourth-order valence-electron chi connectivity index (χ4n) is 3.72. The van der Waals surface area contributed by atoms with E-state index in [1.165, 1.54) is 6.08 Å². The Morgan fingerprint density at radius 2 is 1.69 bits per heavy atom.